The Bertz CT molecular complexity index is 272. The molecule has 0 amide bonds. The third kappa shape index (κ3) is 3.67. The molecular formula is C12H23N3. The number of rotatable bonds is 4. The van der Waals surface area contributed by atoms with Gasteiger partial charge in [0.1, 0.15) is 0 Å². The molecule has 0 aliphatic rings. The zero-order chi connectivity index (χ0) is 11.5. The molecule has 1 heterocycles. The summed E-state index contributed by atoms with van der Waals surface area (Å²) >= 11 is 0. The maximum absolute atomic E-state index is 3.95. The second-order valence-corrected chi connectivity index (χ2v) is 5.41. The molecular weight excluding hydrogens is 186 g/mol. The van der Waals surface area contributed by atoms with Crippen molar-refractivity contribution < 1.29 is 0 Å². The van der Waals surface area contributed by atoms with E-state index in [1.54, 1.807) is 6.20 Å². The summed E-state index contributed by atoms with van der Waals surface area (Å²) in [5.41, 5.74) is 1.51. The van der Waals surface area contributed by atoms with Crippen LogP contribution in [0, 0.1) is 11.3 Å². The topological polar surface area (TPSA) is 40.7 Å². The van der Waals surface area contributed by atoms with E-state index in [-0.39, 0.29) is 0 Å². The highest BCUT2D eigenvalue weighted by Gasteiger charge is 2.20. The van der Waals surface area contributed by atoms with Gasteiger partial charge >= 0.3 is 0 Å². The van der Waals surface area contributed by atoms with Crippen molar-refractivity contribution in [3.8, 4) is 0 Å². The Hall–Kier alpha value is -0.830. The number of H-pyrrole nitrogens is 1. The van der Waals surface area contributed by atoms with E-state index >= 15 is 0 Å². The van der Waals surface area contributed by atoms with Gasteiger partial charge < -0.3 is 5.32 Å². The van der Waals surface area contributed by atoms with Gasteiger partial charge in [-0.1, -0.05) is 27.7 Å². The molecule has 2 N–H and O–H groups in total. The van der Waals surface area contributed by atoms with Crippen molar-refractivity contribution in [3.05, 3.63) is 18.0 Å². The fourth-order valence-electron chi connectivity index (χ4n) is 1.28. The number of nitrogens with zero attached hydrogens (tertiary/aromatic N) is 1. The van der Waals surface area contributed by atoms with E-state index in [4.69, 9.17) is 0 Å². The van der Waals surface area contributed by atoms with Crippen molar-refractivity contribution in [1.82, 2.24) is 15.5 Å². The van der Waals surface area contributed by atoms with Crippen molar-refractivity contribution >= 4 is 0 Å². The highest BCUT2D eigenvalue weighted by Crippen LogP contribution is 2.25. The van der Waals surface area contributed by atoms with E-state index < -0.39 is 0 Å². The highest BCUT2D eigenvalue weighted by molar-refractivity contribution is 5.02. The number of hydrogen-bond acceptors (Lipinski definition) is 2. The number of aromatic amines is 1. The highest BCUT2D eigenvalue weighted by atomic mass is 15.1. The van der Waals surface area contributed by atoms with Crippen molar-refractivity contribution in [1.29, 1.82) is 0 Å². The van der Waals surface area contributed by atoms with Gasteiger partial charge in [0.25, 0.3) is 0 Å². The number of aromatic nitrogens is 2. The molecule has 15 heavy (non-hydrogen) atoms. The average molecular weight is 209 g/mol. The van der Waals surface area contributed by atoms with E-state index in [1.165, 1.54) is 0 Å². The van der Waals surface area contributed by atoms with E-state index in [0.717, 1.165) is 12.2 Å². The molecule has 0 aromatic carbocycles. The minimum atomic E-state index is 0.345. The second kappa shape index (κ2) is 4.79. The molecule has 86 valence electrons. The summed E-state index contributed by atoms with van der Waals surface area (Å²) in [6, 6.07) is 2.36. The molecule has 0 saturated carbocycles. The minimum Gasteiger partial charge on any atom is -0.309 e. The van der Waals surface area contributed by atoms with Crippen molar-refractivity contribution in [2.45, 2.75) is 40.7 Å². The van der Waals surface area contributed by atoms with E-state index in [2.05, 4.69) is 50.1 Å². The fourth-order valence-corrected chi connectivity index (χ4v) is 1.28. The average Bonchev–Trinajstić information content (AvgIpc) is 2.64. The predicted molar refractivity (Wildman–Crippen MR) is 63.6 cm³/mol. The SMILES string of the molecule is CC(NCC(C)C(C)(C)C)c1ccn[nH]1. The van der Waals surface area contributed by atoms with Gasteiger partial charge in [0, 0.05) is 12.2 Å². The Labute approximate surface area is 92.7 Å². The maximum atomic E-state index is 3.95. The molecule has 0 saturated heterocycles. The molecule has 0 radical (unpaired) electrons. The minimum absolute atomic E-state index is 0.345. The van der Waals surface area contributed by atoms with Crippen LogP contribution in [0.4, 0.5) is 0 Å². The van der Waals surface area contributed by atoms with Gasteiger partial charge in [-0.25, -0.2) is 0 Å². The molecule has 0 aliphatic carbocycles. The summed E-state index contributed by atoms with van der Waals surface area (Å²) < 4.78 is 0. The summed E-state index contributed by atoms with van der Waals surface area (Å²) in [7, 11) is 0. The first kappa shape index (κ1) is 12.2. The van der Waals surface area contributed by atoms with Crippen LogP contribution in [0.5, 0.6) is 0 Å². The quantitative estimate of drug-likeness (QED) is 0.800. The van der Waals surface area contributed by atoms with Crippen LogP contribution in [0.25, 0.3) is 0 Å². The molecule has 0 aliphatic heterocycles. The van der Waals surface area contributed by atoms with Gasteiger partial charge in [0.05, 0.1) is 5.69 Å². The first-order valence-electron chi connectivity index (χ1n) is 5.64. The normalized spacial score (nSPS) is 16.3. The van der Waals surface area contributed by atoms with Gasteiger partial charge in [-0.05, 0) is 30.9 Å². The van der Waals surface area contributed by atoms with Crippen LogP contribution in [0.2, 0.25) is 0 Å². The summed E-state index contributed by atoms with van der Waals surface area (Å²) in [5.74, 6) is 0.655. The summed E-state index contributed by atoms with van der Waals surface area (Å²) in [5, 5.41) is 10.5. The Morgan fingerprint density at radius 2 is 2.07 bits per heavy atom. The monoisotopic (exact) mass is 209 g/mol. The maximum Gasteiger partial charge on any atom is 0.0518 e. The molecule has 2 atom stereocenters. The summed E-state index contributed by atoms with van der Waals surface area (Å²) in [6.07, 6.45) is 1.79. The lowest BCUT2D eigenvalue weighted by atomic mass is 9.82. The number of nitrogens with one attached hydrogen (secondary N) is 2. The zero-order valence-corrected chi connectivity index (χ0v) is 10.5. The van der Waals surface area contributed by atoms with Gasteiger partial charge in [-0.2, -0.15) is 5.10 Å². The fraction of sp³-hybridized carbons (Fsp3) is 0.750. The molecule has 0 spiro atoms. The van der Waals surface area contributed by atoms with Crippen molar-refractivity contribution in [3.63, 3.8) is 0 Å². The van der Waals surface area contributed by atoms with Crippen LogP contribution in [0.3, 0.4) is 0 Å². The molecule has 1 aromatic heterocycles. The standard InChI is InChI=1S/C12H23N3/c1-9(12(3,4)5)8-13-10(2)11-6-7-14-15-11/h6-7,9-10,13H,8H2,1-5H3,(H,14,15). The Balaban J connectivity index is 2.38. The van der Waals surface area contributed by atoms with Crippen LogP contribution in [0.1, 0.15) is 46.4 Å². The van der Waals surface area contributed by atoms with Crippen LogP contribution < -0.4 is 5.32 Å². The lowest BCUT2D eigenvalue weighted by Gasteiger charge is -2.28. The van der Waals surface area contributed by atoms with Crippen LogP contribution in [-0.4, -0.2) is 16.7 Å². The van der Waals surface area contributed by atoms with Crippen molar-refractivity contribution in [2.24, 2.45) is 11.3 Å². The van der Waals surface area contributed by atoms with Crippen LogP contribution in [0.15, 0.2) is 12.3 Å². The smallest absolute Gasteiger partial charge is 0.0518 e. The molecule has 0 fully saturated rings. The van der Waals surface area contributed by atoms with E-state index in [1.807, 2.05) is 6.07 Å². The Kier molecular flexibility index (Phi) is 3.91. The largest absolute Gasteiger partial charge is 0.309 e. The molecule has 0 bridgehead atoms. The molecule has 1 rings (SSSR count). The lowest BCUT2D eigenvalue weighted by Crippen LogP contribution is -2.31. The Morgan fingerprint density at radius 1 is 1.40 bits per heavy atom. The molecule has 2 unspecified atom stereocenters. The van der Waals surface area contributed by atoms with Crippen molar-refractivity contribution in [2.75, 3.05) is 6.54 Å². The first-order chi connectivity index (χ1) is 6.91. The second-order valence-electron chi connectivity index (χ2n) is 5.41. The lowest BCUT2D eigenvalue weighted by molar-refractivity contribution is 0.246. The van der Waals surface area contributed by atoms with Gasteiger partial charge in [-0.15, -0.1) is 0 Å². The number of hydrogen-bond donors (Lipinski definition) is 2. The first-order valence-corrected chi connectivity index (χ1v) is 5.64. The third-order valence-corrected chi connectivity index (χ3v) is 3.20. The van der Waals surface area contributed by atoms with Gasteiger partial charge in [0.2, 0.25) is 0 Å². The predicted octanol–water partition coefficient (Wildman–Crippen LogP) is 2.74. The van der Waals surface area contributed by atoms with E-state index in [0.29, 0.717) is 17.4 Å². The van der Waals surface area contributed by atoms with E-state index in [9.17, 15) is 0 Å². The van der Waals surface area contributed by atoms with Gasteiger partial charge in [0.15, 0.2) is 0 Å². The summed E-state index contributed by atoms with van der Waals surface area (Å²) in [6.45, 7) is 12.3. The third-order valence-electron chi connectivity index (χ3n) is 3.20. The summed E-state index contributed by atoms with van der Waals surface area (Å²) in [4.78, 5) is 0. The molecule has 1 aromatic rings. The molecule has 3 heteroatoms. The van der Waals surface area contributed by atoms with Gasteiger partial charge in [-0.3, -0.25) is 5.10 Å². The Morgan fingerprint density at radius 3 is 2.53 bits per heavy atom. The zero-order valence-electron chi connectivity index (χ0n) is 10.5. The molecule has 3 nitrogen and oxygen atoms in total. The van der Waals surface area contributed by atoms with Crippen LogP contribution in [-0.2, 0) is 0 Å². The van der Waals surface area contributed by atoms with Crippen LogP contribution >= 0.6 is 0 Å².